The molecule has 11 heteroatoms. The molecule has 5 rings (SSSR count). The van der Waals surface area contributed by atoms with Crippen LogP contribution in [0.1, 0.15) is 36.8 Å². The maximum absolute atomic E-state index is 14.0. The Morgan fingerprint density at radius 3 is 2.63 bits per heavy atom. The van der Waals surface area contributed by atoms with Gasteiger partial charge < -0.3 is 18.6 Å². The van der Waals surface area contributed by atoms with E-state index in [2.05, 4.69) is 27.0 Å². The second-order valence-electron chi connectivity index (χ2n) is 8.89. The zero-order chi connectivity index (χ0) is 29.3. The van der Waals surface area contributed by atoms with Crippen molar-refractivity contribution in [2.24, 2.45) is 4.99 Å². The number of fused-ring (bicyclic) bond motifs is 1. The number of methoxy groups -OCH3 is 2. The van der Waals surface area contributed by atoms with Gasteiger partial charge in [-0.25, -0.2) is 9.79 Å². The summed E-state index contributed by atoms with van der Waals surface area (Å²) in [5, 5.41) is 9.46. The molecule has 0 saturated carbocycles. The van der Waals surface area contributed by atoms with Gasteiger partial charge in [0.25, 0.3) is 5.56 Å². The molecule has 0 fully saturated rings. The number of esters is 1. The lowest BCUT2D eigenvalue weighted by atomic mass is 9.95. The number of allylic oxidation sites excluding steroid dienone is 1. The smallest absolute Gasteiger partial charge is 0.338 e. The predicted molar refractivity (Wildman–Crippen MR) is 157 cm³/mol. The number of thiazole rings is 1. The molecule has 0 bridgehead atoms. The second kappa shape index (κ2) is 11.6. The predicted octanol–water partition coefficient (Wildman–Crippen LogP) is 4.71. The summed E-state index contributed by atoms with van der Waals surface area (Å²) in [7, 11) is 3.04. The van der Waals surface area contributed by atoms with Crippen LogP contribution in [0.5, 0.6) is 11.5 Å². The van der Waals surface area contributed by atoms with E-state index in [0.29, 0.717) is 59.2 Å². The Bertz CT molecular complexity index is 1930. The van der Waals surface area contributed by atoms with Crippen molar-refractivity contribution in [3.63, 3.8) is 0 Å². The maximum atomic E-state index is 14.0. The molecule has 2 aromatic carbocycles. The van der Waals surface area contributed by atoms with Crippen molar-refractivity contribution in [1.82, 2.24) is 4.57 Å². The minimum atomic E-state index is -0.851. The Hall–Kier alpha value is -4.40. The van der Waals surface area contributed by atoms with Crippen LogP contribution in [0.4, 0.5) is 0 Å². The fourth-order valence-electron chi connectivity index (χ4n) is 4.67. The first-order valence-electron chi connectivity index (χ1n) is 12.5. The standard InChI is InChI=1S/C30H24BrN3O6S/c1-5-39-29(36)26-16(2)33-30-34(27(26)20-13-23(37-3)24(38-4)14-21(20)31)28(35)25(41-30)12-18-10-11-22(40-18)19-9-7-6-8-17(19)15-32/h6-14,27H,5H2,1-4H3/b25-12-/t27-/m1/s1. The summed E-state index contributed by atoms with van der Waals surface area (Å²) in [6.45, 7) is 3.60. The number of rotatable bonds is 7. The number of ether oxygens (including phenoxy) is 3. The Morgan fingerprint density at radius 2 is 1.93 bits per heavy atom. The van der Waals surface area contributed by atoms with Gasteiger partial charge in [-0.1, -0.05) is 39.4 Å². The number of hydrogen-bond acceptors (Lipinski definition) is 9. The Morgan fingerprint density at radius 1 is 1.20 bits per heavy atom. The van der Waals surface area contributed by atoms with Gasteiger partial charge in [-0.05, 0) is 55.8 Å². The van der Waals surface area contributed by atoms with E-state index in [0.717, 1.165) is 0 Å². The van der Waals surface area contributed by atoms with Crippen molar-refractivity contribution in [1.29, 1.82) is 5.26 Å². The normalized spacial score (nSPS) is 14.7. The number of nitrogens with zero attached hydrogens (tertiary/aromatic N) is 3. The first kappa shape index (κ1) is 28.1. The van der Waals surface area contributed by atoms with Gasteiger partial charge in [0.05, 0.1) is 54.3 Å². The van der Waals surface area contributed by atoms with Crippen LogP contribution in [0, 0.1) is 11.3 Å². The van der Waals surface area contributed by atoms with Crippen molar-refractivity contribution in [2.75, 3.05) is 20.8 Å². The molecule has 0 radical (unpaired) electrons. The monoisotopic (exact) mass is 633 g/mol. The number of carbonyl (C=O) groups is 1. The van der Waals surface area contributed by atoms with Gasteiger partial charge >= 0.3 is 5.97 Å². The molecular formula is C30H24BrN3O6S. The highest BCUT2D eigenvalue weighted by Gasteiger charge is 2.35. The largest absolute Gasteiger partial charge is 0.493 e. The average Bonchev–Trinajstić information content (AvgIpc) is 3.56. The van der Waals surface area contributed by atoms with E-state index >= 15 is 0 Å². The second-order valence-corrected chi connectivity index (χ2v) is 10.8. The topological polar surface area (TPSA) is 116 Å². The van der Waals surface area contributed by atoms with Crippen LogP contribution in [0.2, 0.25) is 0 Å². The highest BCUT2D eigenvalue weighted by Crippen LogP contribution is 2.40. The van der Waals surface area contributed by atoms with Gasteiger partial charge in [-0.3, -0.25) is 9.36 Å². The molecule has 2 aromatic heterocycles. The van der Waals surface area contributed by atoms with Crippen LogP contribution >= 0.6 is 27.3 Å². The third kappa shape index (κ3) is 5.12. The number of nitriles is 1. The Balaban J connectivity index is 1.69. The van der Waals surface area contributed by atoms with Gasteiger partial charge in [0.15, 0.2) is 16.3 Å². The van der Waals surface area contributed by atoms with E-state index < -0.39 is 12.0 Å². The molecule has 0 spiro atoms. The minimum Gasteiger partial charge on any atom is -0.493 e. The van der Waals surface area contributed by atoms with Gasteiger partial charge in [0.1, 0.15) is 11.5 Å². The first-order valence-corrected chi connectivity index (χ1v) is 14.1. The van der Waals surface area contributed by atoms with Gasteiger partial charge in [0, 0.05) is 16.1 Å². The third-order valence-corrected chi connectivity index (χ3v) is 8.20. The highest BCUT2D eigenvalue weighted by atomic mass is 79.9. The minimum absolute atomic E-state index is 0.162. The summed E-state index contributed by atoms with van der Waals surface area (Å²) in [5.74, 6) is 1.30. The van der Waals surface area contributed by atoms with E-state index in [1.165, 1.54) is 30.1 Å². The number of furan rings is 1. The number of aromatic nitrogens is 1. The third-order valence-electron chi connectivity index (χ3n) is 6.53. The average molecular weight is 635 g/mol. The molecule has 0 N–H and O–H groups in total. The first-order chi connectivity index (χ1) is 19.8. The summed E-state index contributed by atoms with van der Waals surface area (Å²) in [6.07, 6.45) is 1.63. The van der Waals surface area contributed by atoms with E-state index in [9.17, 15) is 14.9 Å². The van der Waals surface area contributed by atoms with Gasteiger partial charge in [-0.2, -0.15) is 5.26 Å². The van der Waals surface area contributed by atoms with Crippen molar-refractivity contribution in [2.45, 2.75) is 19.9 Å². The molecule has 0 saturated heterocycles. The van der Waals surface area contributed by atoms with E-state index in [1.54, 1.807) is 62.4 Å². The lowest BCUT2D eigenvalue weighted by molar-refractivity contribution is -0.139. The maximum Gasteiger partial charge on any atom is 0.338 e. The number of benzene rings is 2. The molecule has 3 heterocycles. The van der Waals surface area contributed by atoms with E-state index in [1.807, 2.05) is 6.07 Å². The summed E-state index contributed by atoms with van der Waals surface area (Å²) < 4.78 is 24.8. The van der Waals surface area contributed by atoms with Crippen LogP contribution in [-0.4, -0.2) is 31.4 Å². The van der Waals surface area contributed by atoms with Crippen LogP contribution in [0.3, 0.4) is 0 Å². The fraction of sp³-hybridized carbons (Fsp3) is 0.200. The molecule has 9 nitrogen and oxygen atoms in total. The summed E-state index contributed by atoms with van der Waals surface area (Å²) in [5.41, 5.74) is 2.06. The lowest BCUT2D eigenvalue weighted by Gasteiger charge is -2.26. The quantitative estimate of drug-likeness (QED) is 0.271. The zero-order valence-corrected chi connectivity index (χ0v) is 25.0. The highest BCUT2D eigenvalue weighted by molar-refractivity contribution is 9.10. The Labute approximate surface area is 247 Å². The molecule has 1 aliphatic rings. The van der Waals surface area contributed by atoms with Gasteiger partial charge in [-0.15, -0.1) is 0 Å². The van der Waals surface area contributed by atoms with E-state index in [-0.39, 0.29) is 17.7 Å². The molecule has 0 amide bonds. The lowest BCUT2D eigenvalue weighted by Crippen LogP contribution is -2.40. The van der Waals surface area contributed by atoms with E-state index in [4.69, 9.17) is 18.6 Å². The number of carbonyl (C=O) groups excluding carboxylic acids is 1. The SMILES string of the molecule is CCOC(=O)C1=C(C)N=c2s/c(=C\c3ccc(-c4ccccc4C#N)o3)c(=O)n2[C@@H]1c1cc(OC)c(OC)cc1Br. The molecule has 41 heavy (non-hydrogen) atoms. The van der Waals surface area contributed by atoms with Crippen LogP contribution < -0.4 is 24.4 Å². The summed E-state index contributed by atoms with van der Waals surface area (Å²) in [4.78, 5) is 32.2. The fourth-order valence-corrected chi connectivity index (χ4v) is 6.23. The van der Waals surface area contributed by atoms with Crippen LogP contribution in [0.25, 0.3) is 17.4 Å². The summed E-state index contributed by atoms with van der Waals surface area (Å²) >= 11 is 4.78. The van der Waals surface area contributed by atoms with Crippen LogP contribution in [-0.2, 0) is 9.53 Å². The zero-order valence-electron chi connectivity index (χ0n) is 22.6. The van der Waals surface area contributed by atoms with Crippen molar-refractivity contribution in [3.05, 3.63) is 101 Å². The number of halogens is 1. The summed E-state index contributed by atoms with van der Waals surface area (Å²) in [6, 6.07) is 15.4. The molecule has 1 aliphatic heterocycles. The Kier molecular flexibility index (Phi) is 7.97. The van der Waals surface area contributed by atoms with Crippen molar-refractivity contribution >= 4 is 39.3 Å². The van der Waals surface area contributed by atoms with Gasteiger partial charge in [0.2, 0.25) is 0 Å². The van der Waals surface area contributed by atoms with Crippen LogP contribution in [0.15, 0.2) is 78.5 Å². The molecule has 208 valence electrons. The van der Waals surface area contributed by atoms with Crippen molar-refractivity contribution < 1.29 is 23.4 Å². The molecule has 0 unspecified atom stereocenters. The molecule has 4 aromatic rings. The molecular weight excluding hydrogens is 610 g/mol. The molecule has 0 aliphatic carbocycles. The van der Waals surface area contributed by atoms with Crippen molar-refractivity contribution in [3.8, 4) is 28.9 Å². The molecule has 1 atom stereocenters. The number of hydrogen-bond donors (Lipinski definition) is 0.